The number of fused-ring (bicyclic) bond motifs is 3. The van der Waals surface area contributed by atoms with E-state index in [4.69, 9.17) is 4.74 Å². The quantitative estimate of drug-likeness (QED) is 0.709. The van der Waals surface area contributed by atoms with Gasteiger partial charge in [-0.25, -0.2) is 0 Å². The zero-order valence-electron chi connectivity index (χ0n) is 14.8. The highest BCUT2D eigenvalue weighted by Crippen LogP contribution is 2.33. The van der Waals surface area contributed by atoms with Crippen LogP contribution in [-0.4, -0.2) is 18.1 Å². The molecule has 132 valence electrons. The molecule has 0 aliphatic carbocycles. The smallest absolute Gasteiger partial charge is 0.122 e. The van der Waals surface area contributed by atoms with Crippen molar-refractivity contribution in [3.05, 3.63) is 64.8 Å². The highest BCUT2D eigenvalue weighted by molar-refractivity contribution is 5.86. The van der Waals surface area contributed by atoms with Gasteiger partial charge in [-0.15, -0.1) is 12.4 Å². The number of para-hydroxylation sites is 1. The third-order valence-corrected chi connectivity index (χ3v) is 4.91. The summed E-state index contributed by atoms with van der Waals surface area (Å²) in [6, 6.07) is 15.4. The van der Waals surface area contributed by atoms with Crippen molar-refractivity contribution in [2.24, 2.45) is 0 Å². The van der Waals surface area contributed by atoms with Crippen molar-refractivity contribution in [3.8, 4) is 5.75 Å². The van der Waals surface area contributed by atoms with E-state index in [-0.39, 0.29) is 12.4 Å². The molecule has 1 aliphatic rings. The molecule has 1 atom stereocenters. The predicted molar refractivity (Wildman–Crippen MR) is 106 cm³/mol. The molecule has 0 saturated heterocycles. The van der Waals surface area contributed by atoms with E-state index < -0.39 is 0 Å². The second-order valence-corrected chi connectivity index (χ2v) is 6.57. The van der Waals surface area contributed by atoms with Gasteiger partial charge in [0, 0.05) is 16.6 Å². The first-order chi connectivity index (χ1) is 11.8. The van der Waals surface area contributed by atoms with E-state index in [2.05, 4.69) is 53.6 Å². The molecule has 1 aliphatic heterocycles. The number of rotatable bonds is 4. The Labute approximate surface area is 155 Å². The molecular formula is C21H25ClN2O. The second kappa shape index (κ2) is 7.51. The van der Waals surface area contributed by atoms with Crippen molar-refractivity contribution in [2.75, 3.05) is 13.2 Å². The van der Waals surface area contributed by atoms with Crippen LogP contribution in [0.25, 0.3) is 10.9 Å². The Balaban J connectivity index is 0.00000182. The van der Waals surface area contributed by atoms with Crippen LogP contribution in [0, 0.1) is 6.92 Å². The molecule has 2 heterocycles. The number of aromatic amines is 1. The van der Waals surface area contributed by atoms with Gasteiger partial charge >= 0.3 is 0 Å². The first-order valence-corrected chi connectivity index (χ1v) is 8.81. The molecule has 0 saturated carbocycles. The van der Waals surface area contributed by atoms with Crippen LogP contribution < -0.4 is 10.1 Å². The number of hydrogen-bond donors (Lipinski definition) is 2. The molecule has 0 bridgehead atoms. The Morgan fingerprint density at radius 3 is 2.84 bits per heavy atom. The van der Waals surface area contributed by atoms with Crippen molar-refractivity contribution < 1.29 is 4.74 Å². The maximum Gasteiger partial charge on any atom is 0.122 e. The molecule has 4 rings (SSSR count). The third-order valence-electron chi connectivity index (χ3n) is 4.91. The Kier molecular flexibility index (Phi) is 5.36. The minimum atomic E-state index is 0. The Morgan fingerprint density at radius 1 is 1.16 bits per heavy atom. The normalized spacial score (nSPS) is 16.3. The van der Waals surface area contributed by atoms with Gasteiger partial charge in [-0.2, -0.15) is 0 Å². The van der Waals surface area contributed by atoms with Gasteiger partial charge in [0.15, 0.2) is 0 Å². The molecule has 2 aromatic carbocycles. The largest absolute Gasteiger partial charge is 0.494 e. The summed E-state index contributed by atoms with van der Waals surface area (Å²) in [5, 5.41) is 5.07. The maximum absolute atomic E-state index is 5.80. The number of halogens is 1. The summed E-state index contributed by atoms with van der Waals surface area (Å²) in [6.45, 7) is 5.92. The van der Waals surface area contributed by atoms with E-state index in [0.717, 1.165) is 25.1 Å². The standard InChI is InChI=1S/C21H24N2O.ClH/c1-3-24-20-7-5-4-6-15(20)13-19-21-16(10-11-22-19)17-12-14(2)8-9-18(17)23-21;/h4-9,12,19,22-23H,3,10-11,13H2,1-2H3;1H. The molecule has 2 N–H and O–H groups in total. The van der Waals surface area contributed by atoms with Crippen molar-refractivity contribution in [1.29, 1.82) is 0 Å². The third kappa shape index (κ3) is 3.39. The topological polar surface area (TPSA) is 37.0 Å². The van der Waals surface area contributed by atoms with Gasteiger partial charge in [-0.3, -0.25) is 0 Å². The number of aromatic nitrogens is 1. The van der Waals surface area contributed by atoms with E-state index in [9.17, 15) is 0 Å². The van der Waals surface area contributed by atoms with Crippen molar-refractivity contribution in [1.82, 2.24) is 10.3 Å². The first kappa shape index (κ1) is 17.8. The lowest BCUT2D eigenvalue weighted by Gasteiger charge is -2.25. The van der Waals surface area contributed by atoms with Crippen LogP contribution >= 0.6 is 12.4 Å². The minimum Gasteiger partial charge on any atom is -0.494 e. The van der Waals surface area contributed by atoms with Crippen molar-refractivity contribution >= 4 is 23.3 Å². The fourth-order valence-corrected chi connectivity index (χ4v) is 3.79. The predicted octanol–water partition coefficient (Wildman–Crippen LogP) is 4.73. The first-order valence-electron chi connectivity index (χ1n) is 8.81. The summed E-state index contributed by atoms with van der Waals surface area (Å²) in [4.78, 5) is 3.66. The maximum atomic E-state index is 5.80. The van der Waals surface area contributed by atoms with Crippen LogP contribution in [0.4, 0.5) is 0 Å². The fraction of sp³-hybridized carbons (Fsp3) is 0.333. The average molecular weight is 357 g/mol. The monoisotopic (exact) mass is 356 g/mol. The summed E-state index contributed by atoms with van der Waals surface area (Å²) >= 11 is 0. The summed E-state index contributed by atoms with van der Waals surface area (Å²) in [6.07, 6.45) is 2.03. The van der Waals surface area contributed by atoms with Crippen LogP contribution in [0.15, 0.2) is 42.5 Å². The van der Waals surface area contributed by atoms with Gasteiger partial charge in [0.05, 0.1) is 12.6 Å². The number of nitrogens with one attached hydrogen (secondary N) is 2. The van der Waals surface area contributed by atoms with Gasteiger partial charge in [-0.1, -0.05) is 29.8 Å². The fourth-order valence-electron chi connectivity index (χ4n) is 3.79. The van der Waals surface area contributed by atoms with Crippen LogP contribution in [0.3, 0.4) is 0 Å². The van der Waals surface area contributed by atoms with E-state index in [1.807, 2.05) is 13.0 Å². The molecular weight excluding hydrogens is 332 g/mol. The summed E-state index contributed by atoms with van der Waals surface area (Å²) in [7, 11) is 0. The molecule has 1 aromatic heterocycles. The van der Waals surface area contributed by atoms with Crippen LogP contribution in [0.2, 0.25) is 0 Å². The number of benzene rings is 2. The zero-order chi connectivity index (χ0) is 16.5. The van der Waals surface area contributed by atoms with Gasteiger partial charge in [0.25, 0.3) is 0 Å². The lowest BCUT2D eigenvalue weighted by Crippen LogP contribution is -2.31. The molecule has 1 unspecified atom stereocenters. The number of H-pyrrole nitrogens is 1. The van der Waals surface area contributed by atoms with E-state index in [0.29, 0.717) is 12.6 Å². The van der Waals surface area contributed by atoms with Crippen molar-refractivity contribution in [3.63, 3.8) is 0 Å². The lowest BCUT2D eigenvalue weighted by atomic mass is 9.94. The van der Waals surface area contributed by atoms with Gasteiger partial charge < -0.3 is 15.0 Å². The van der Waals surface area contributed by atoms with E-state index in [1.54, 1.807) is 0 Å². The number of ether oxygens (including phenoxy) is 1. The summed E-state index contributed by atoms with van der Waals surface area (Å²) in [5.74, 6) is 1.00. The molecule has 0 amide bonds. The molecule has 3 aromatic rings. The Morgan fingerprint density at radius 2 is 2.00 bits per heavy atom. The molecule has 0 fully saturated rings. The van der Waals surface area contributed by atoms with Gasteiger partial charge in [0.1, 0.15) is 5.75 Å². The molecule has 0 spiro atoms. The SMILES string of the molecule is CCOc1ccccc1CC1NCCc2c1[nH]c1ccc(C)cc21.Cl. The van der Waals surface area contributed by atoms with Crippen molar-refractivity contribution in [2.45, 2.75) is 32.7 Å². The van der Waals surface area contributed by atoms with Crippen LogP contribution in [0.1, 0.15) is 35.3 Å². The Bertz CT molecular complexity index is 871. The van der Waals surface area contributed by atoms with Crippen LogP contribution in [0.5, 0.6) is 5.75 Å². The molecule has 0 radical (unpaired) electrons. The molecule has 25 heavy (non-hydrogen) atoms. The second-order valence-electron chi connectivity index (χ2n) is 6.57. The van der Waals surface area contributed by atoms with Crippen LogP contribution in [-0.2, 0) is 12.8 Å². The highest BCUT2D eigenvalue weighted by Gasteiger charge is 2.24. The number of aryl methyl sites for hydroxylation is 1. The molecule has 4 heteroatoms. The highest BCUT2D eigenvalue weighted by atomic mass is 35.5. The van der Waals surface area contributed by atoms with Gasteiger partial charge in [-0.05, 0) is 62.6 Å². The average Bonchev–Trinajstić information content (AvgIpc) is 2.96. The number of hydrogen-bond acceptors (Lipinski definition) is 2. The van der Waals surface area contributed by atoms with Gasteiger partial charge in [0.2, 0.25) is 0 Å². The minimum absolute atomic E-state index is 0. The zero-order valence-corrected chi connectivity index (χ0v) is 15.6. The molecule has 3 nitrogen and oxygen atoms in total. The van der Waals surface area contributed by atoms with E-state index >= 15 is 0 Å². The Hall–Kier alpha value is -1.97. The summed E-state index contributed by atoms with van der Waals surface area (Å²) < 4.78 is 5.80. The summed E-state index contributed by atoms with van der Waals surface area (Å²) in [5.41, 5.74) is 6.65. The lowest BCUT2D eigenvalue weighted by molar-refractivity contribution is 0.334. The van der Waals surface area contributed by atoms with E-state index in [1.165, 1.54) is 33.3 Å².